The highest BCUT2D eigenvalue weighted by Crippen LogP contribution is 2.23. The normalized spacial score (nSPS) is 12.7. The molecule has 1 N–H and O–H groups in total. The molecule has 15 heavy (non-hydrogen) atoms. The summed E-state index contributed by atoms with van der Waals surface area (Å²) < 4.78 is 0. The molecule has 0 aliphatic heterocycles. The van der Waals surface area contributed by atoms with Gasteiger partial charge in [-0.15, -0.1) is 0 Å². The number of hydrogen-bond donors (Lipinski definition) is 1. The molecule has 2 aromatic carbocycles. The van der Waals surface area contributed by atoms with Crippen LogP contribution in [0.15, 0.2) is 42.5 Å². The fourth-order valence-electron chi connectivity index (χ4n) is 1.72. The van der Waals surface area contributed by atoms with Crippen molar-refractivity contribution in [3.05, 3.63) is 42.5 Å². The van der Waals surface area contributed by atoms with Crippen molar-refractivity contribution in [1.29, 1.82) is 0 Å². The SMILES string of the molecule is CC[C@@H](C)Nc1cccc2ccccc12. The van der Waals surface area contributed by atoms with E-state index in [1.54, 1.807) is 0 Å². The average Bonchev–Trinajstić information content (AvgIpc) is 2.29. The monoisotopic (exact) mass is 199 g/mol. The molecule has 0 aromatic heterocycles. The first kappa shape index (κ1) is 10.0. The molecule has 1 nitrogen and oxygen atoms in total. The van der Waals surface area contributed by atoms with Crippen LogP contribution in [0.1, 0.15) is 20.3 Å². The highest BCUT2D eigenvalue weighted by Gasteiger charge is 2.02. The van der Waals surface area contributed by atoms with Crippen molar-refractivity contribution < 1.29 is 0 Å². The van der Waals surface area contributed by atoms with Gasteiger partial charge < -0.3 is 5.32 Å². The minimum atomic E-state index is 0.524. The summed E-state index contributed by atoms with van der Waals surface area (Å²) in [5.74, 6) is 0. The van der Waals surface area contributed by atoms with Crippen LogP contribution in [0.5, 0.6) is 0 Å². The Morgan fingerprint density at radius 1 is 1.07 bits per heavy atom. The maximum absolute atomic E-state index is 3.53. The zero-order chi connectivity index (χ0) is 10.7. The van der Waals surface area contributed by atoms with Crippen molar-refractivity contribution in [2.24, 2.45) is 0 Å². The van der Waals surface area contributed by atoms with Crippen LogP contribution in [0.25, 0.3) is 10.8 Å². The summed E-state index contributed by atoms with van der Waals surface area (Å²) in [5.41, 5.74) is 1.24. The summed E-state index contributed by atoms with van der Waals surface area (Å²) in [6.45, 7) is 4.41. The zero-order valence-electron chi connectivity index (χ0n) is 9.33. The summed E-state index contributed by atoms with van der Waals surface area (Å²) in [6, 6.07) is 15.4. The number of fused-ring (bicyclic) bond motifs is 1. The van der Waals surface area contributed by atoms with Gasteiger partial charge in [-0.1, -0.05) is 43.3 Å². The highest BCUT2D eigenvalue weighted by molar-refractivity contribution is 5.93. The van der Waals surface area contributed by atoms with E-state index in [4.69, 9.17) is 0 Å². The minimum Gasteiger partial charge on any atom is -0.382 e. The molecule has 0 radical (unpaired) electrons. The second-order valence-corrected chi connectivity index (χ2v) is 3.98. The molecule has 0 fully saturated rings. The van der Waals surface area contributed by atoms with Crippen LogP contribution in [-0.2, 0) is 0 Å². The zero-order valence-corrected chi connectivity index (χ0v) is 9.33. The Morgan fingerprint density at radius 3 is 2.60 bits per heavy atom. The molecular weight excluding hydrogens is 182 g/mol. The van der Waals surface area contributed by atoms with Gasteiger partial charge in [0.25, 0.3) is 0 Å². The molecule has 0 unspecified atom stereocenters. The van der Waals surface area contributed by atoms with Crippen molar-refractivity contribution in [2.45, 2.75) is 26.3 Å². The molecule has 78 valence electrons. The lowest BCUT2D eigenvalue weighted by atomic mass is 10.1. The number of rotatable bonds is 3. The first-order valence-electron chi connectivity index (χ1n) is 5.55. The third-order valence-electron chi connectivity index (χ3n) is 2.80. The average molecular weight is 199 g/mol. The maximum atomic E-state index is 3.53. The van der Waals surface area contributed by atoms with Gasteiger partial charge in [0.05, 0.1) is 0 Å². The number of nitrogens with one attached hydrogen (secondary N) is 1. The molecule has 0 spiro atoms. The van der Waals surface area contributed by atoms with Gasteiger partial charge in [0.1, 0.15) is 0 Å². The Morgan fingerprint density at radius 2 is 1.80 bits per heavy atom. The molecule has 0 amide bonds. The molecule has 0 aliphatic rings. The molecule has 0 saturated heterocycles. The van der Waals surface area contributed by atoms with Gasteiger partial charge in [0.15, 0.2) is 0 Å². The molecule has 0 saturated carbocycles. The van der Waals surface area contributed by atoms with Crippen LogP contribution in [-0.4, -0.2) is 6.04 Å². The Bertz CT molecular complexity index is 443. The van der Waals surface area contributed by atoms with E-state index in [0.717, 1.165) is 6.42 Å². The Balaban J connectivity index is 2.42. The van der Waals surface area contributed by atoms with Crippen LogP contribution in [0.4, 0.5) is 5.69 Å². The smallest absolute Gasteiger partial charge is 0.0421 e. The van der Waals surface area contributed by atoms with Crippen LogP contribution in [0, 0.1) is 0 Å². The predicted molar refractivity (Wildman–Crippen MR) is 67.3 cm³/mol. The van der Waals surface area contributed by atoms with E-state index in [0.29, 0.717) is 6.04 Å². The van der Waals surface area contributed by atoms with E-state index in [2.05, 4.69) is 61.6 Å². The highest BCUT2D eigenvalue weighted by atomic mass is 14.9. The van der Waals surface area contributed by atoms with Gasteiger partial charge in [-0.05, 0) is 24.8 Å². The fourth-order valence-corrected chi connectivity index (χ4v) is 1.72. The van der Waals surface area contributed by atoms with Crippen LogP contribution in [0.3, 0.4) is 0 Å². The van der Waals surface area contributed by atoms with Crippen molar-refractivity contribution in [3.8, 4) is 0 Å². The molecule has 2 aromatic rings. The summed E-state index contributed by atoms with van der Waals surface area (Å²) >= 11 is 0. The van der Waals surface area contributed by atoms with Gasteiger partial charge in [-0.2, -0.15) is 0 Å². The van der Waals surface area contributed by atoms with Gasteiger partial charge in [0.2, 0.25) is 0 Å². The molecule has 0 heterocycles. The Kier molecular flexibility index (Phi) is 2.91. The lowest BCUT2D eigenvalue weighted by Gasteiger charge is -2.14. The van der Waals surface area contributed by atoms with Gasteiger partial charge >= 0.3 is 0 Å². The maximum Gasteiger partial charge on any atom is 0.0421 e. The molecule has 2 rings (SSSR count). The summed E-state index contributed by atoms with van der Waals surface area (Å²) in [4.78, 5) is 0. The fraction of sp³-hybridized carbons (Fsp3) is 0.286. The van der Waals surface area contributed by atoms with E-state index in [-0.39, 0.29) is 0 Å². The largest absolute Gasteiger partial charge is 0.382 e. The number of anilines is 1. The minimum absolute atomic E-state index is 0.524. The second-order valence-electron chi connectivity index (χ2n) is 3.98. The second kappa shape index (κ2) is 4.35. The third-order valence-corrected chi connectivity index (χ3v) is 2.80. The first-order chi connectivity index (χ1) is 7.31. The lowest BCUT2D eigenvalue weighted by molar-refractivity contribution is 0.765. The van der Waals surface area contributed by atoms with Crippen molar-refractivity contribution >= 4 is 16.5 Å². The molecular formula is C14H17N. The number of hydrogen-bond acceptors (Lipinski definition) is 1. The van der Waals surface area contributed by atoms with Crippen molar-refractivity contribution in [3.63, 3.8) is 0 Å². The number of benzene rings is 2. The van der Waals surface area contributed by atoms with Gasteiger partial charge in [-0.3, -0.25) is 0 Å². The van der Waals surface area contributed by atoms with Crippen molar-refractivity contribution in [2.75, 3.05) is 5.32 Å². The van der Waals surface area contributed by atoms with Gasteiger partial charge in [0, 0.05) is 17.1 Å². The topological polar surface area (TPSA) is 12.0 Å². The molecule has 1 heteroatoms. The lowest BCUT2D eigenvalue weighted by Crippen LogP contribution is -2.13. The van der Waals surface area contributed by atoms with E-state index in [9.17, 15) is 0 Å². The summed E-state index contributed by atoms with van der Waals surface area (Å²) in [6.07, 6.45) is 1.14. The molecule has 0 bridgehead atoms. The summed E-state index contributed by atoms with van der Waals surface area (Å²) in [5, 5.41) is 6.14. The summed E-state index contributed by atoms with van der Waals surface area (Å²) in [7, 11) is 0. The Labute approximate surface area is 91.1 Å². The third kappa shape index (κ3) is 2.12. The van der Waals surface area contributed by atoms with E-state index in [1.807, 2.05) is 0 Å². The van der Waals surface area contributed by atoms with Crippen LogP contribution < -0.4 is 5.32 Å². The van der Waals surface area contributed by atoms with Gasteiger partial charge in [-0.25, -0.2) is 0 Å². The quantitative estimate of drug-likeness (QED) is 0.786. The van der Waals surface area contributed by atoms with E-state index in [1.165, 1.54) is 16.5 Å². The standard InChI is InChI=1S/C14H17N/c1-3-11(2)15-14-10-6-8-12-7-4-5-9-13(12)14/h4-11,15H,3H2,1-2H3/t11-/m1/s1. The first-order valence-corrected chi connectivity index (χ1v) is 5.55. The Hall–Kier alpha value is -1.50. The molecule has 0 aliphatic carbocycles. The van der Waals surface area contributed by atoms with Crippen LogP contribution in [0.2, 0.25) is 0 Å². The van der Waals surface area contributed by atoms with E-state index < -0.39 is 0 Å². The van der Waals surface area contributed by atoms with Crippen LogP contribution >= 0.6 is 0 Å². The van der Waals surface area contributed by atoms with Crippen molar-refractivity contribution in [1.82, 2.24) is 0 Å². The van der Waals surface area contributed by atoms with E-state index >= 15 is 0 Å². The molecule has 1 atom stereocenters. The predicted octanol–water partition coefficient (Wildman–Crippen LogP) is 4.05.